The molecule has 0 aromatic carbocycles. The summed E-state index contributed by atoms with van der Waals surface area (Å²) in [7, 11) is 0. The van der Waals surface area contributed by atoms with Gasteiger partial charge in [-0.1, -0.05) is 13.3 Å². The van der Waals surface area contributed by atoms with Crippen LogP contribution < -0.4 is 0 Å². The van der Waals surface area contributed by atoms with Gasteiger partial charge in [0.05, 0.1) is 15.2 Å². The highest BCUT2D eigenvalue weighted by atomic mass is 79.9. The highest BCUT2D eigenvalue weighted by molar-refractivity contribution is 9.11. The predicted molar refractivity (Wildman–Crippen MR) is 80.6 cm³/mol. The molecule has 104 valence electrons. The average molecular weight is 344 g/mol. The van der Waals surface area contributed by atoms with Gasteiger partial charge in [0.2, 0.25) is 5.91 Å². The Morgan fingerprint density at radius 3 is 2.89 bits per heavy atom. The smallest absolute Gasteiger partial charge is 0.222 e. The fraction of sp³-hybridized carbons (Fsp3) is 0.571. The molecule has 3 nitrogen and oxygen atoms in total. The SMILES string of the molecule is CCC1CCC(=O)N(CC(=O)c2ccc(Br)s2)CC1. The monoisotopic (exact) mass is 343 g/mol. The van der Waals surface area contributed by atoms with E-state index < -0.39 is 0 Å². The van der Waals surface area contributed by atoms with Crippen LogP contribution in [-0.4, -0.2) is 29.7 Å². The molecule has 0 bridgehead atoms. The summed E-state index contributed by atoms with van der Waals surface area (Å²) in [6.45, 7) is 3.11. The molecule has 1 aromatic rings. The molecule has 0 saturated carbocycles. The molecule has 1 unspecified atom stereocenters. The summed E-state index contributed by atoms with van der Waals surface area (Å²) in [4.78, 5) is 26.6. The highest BCUT2D eigenvalue weighted by Crippen LogP contribution is 2.24. The van der Waals surface area contributed by atoms with E-state index in [9.17, 15) is 9.59 Å². The summed E-state index contributed by atoms with van der Waals surface area (Å²) in [5.74, 6) is 0.791. The Hall–Kier alpha value is -0.680. The van der Waals surface area contributed by atoms with Crippen molar-refractivity contribution in [1.82, 2.24) is 4.90 Å². The zero-order valence-corrected chi connectivity index (χ0v) is 13.4. The molecule has 2 heterocycles. The van der Waals surface area contributed by atoms with E-state index in [1.54, 1.807) is 4.90 Å². The van der Waals surface area contributed by atoms with Crippen LogP contribution >= 0.6 is 27.3 Å². The molecule has 2 rings (SSSR count). The lowest BCUT2D eigenvalue weighted by Crippen LogP contribution is -2.35. The normalized spacial score (nSPS) is 20.4. The quantitative estimate of drug-likeness (QED) is 0.781. The third-order valence-electron chi connectivity index (χ3n) is 3.69. The number of hydrogen-bond acceptors (Lipinski definition) is 3. The molecular weight excluding hydrogens is 326 g/mol. The lowest BCUT2D eigenvalue weighted by Gasteiger charge is -2.19. The summed E-state index contributed by atoms with van der Waals surface area (Å²) in [5, 5.41) is 0. The van der Waals surface area contributed by atoms with E-state index in [1.165, 1.54) is 11.3 Å². The number of rotatable bonds is 4. The Morgan fingerprint density at radius 2 is 2.26 bits per heavy atom. The van der Waals surface area contributed by atoms with Crippen molar-refractivity contribution >= 4 is 39.0 Å². The van der Waals surface area contributed by atoms with Crippen molar-refractivity contribution in [2.75, 3.05) is 13.1 Å². The van der Waals surface area contributed by atoms with Crippen LogP contribution in [0.5, 0.6) is 0 Å². The van der Waals surface area contributed by atoms with Crippen molar-refractivity contribution in [2.24, 2.45) is 5.92 Å². The number of thiophene rings is 1. The van der Waals surface area contributed by atoms with Gasteiger partial charge in [0.15, 0.2) is 5.78 Å². The average Bonchev–Trinajstić information content (AvgIpc) is 2.75. The second-order valence-corrected chi connectivity index (χ2v) is 7.41. The first-order chi connectivity index (χ1) is 9.10. The largest absolute Gasteiger partial charge is 0.335 e. The number of ketones is 1. The van der Waals surface area contributed by atoms with Gasteiger partial charge in [0.25, 0.3) is 0 Å². The summed E-state index contributed by atoms with van der Waals surface area (Å²) in [5.41, 5.74) is 0. The molecule has 1 amide bonds. The van der Waals surface area contributed by atoms with Gasteiger partial charge in [0, 0.05) is 13.0 Å². The number of carbonyl (C=O) groups excluding carboxylic acids is 2. The topological polar surface area (TPSA) is 37.4 Å². The van der Waals surface area contributed by atoms with Crippen molar-refractivity contribution in [3.63, 3.8) is 0 Å². The van der Waals surface area contributed by atoms with E-state index in [1.807, 2.05) is 12.1 Å². The van der Waals surface area contributed by atoms with Crippen molar-refractivity contribution in [3.8, 4) is 0 Å². The summed E-state index contributed by atoms with van der Waals surface area (Å²) in [6, 6.07) is 3.68. The number of amides is 1. The molecular formula is C14H18BrNO2S. The van der Waals surface area contributed by atoms with Crippen LogP contribution in [0.25, 0.3) is 0 Å². The van der Waals surface area contributed by atoms with Crippen LogP contribution in [0.2, 0.25) is 0 Å². The fourth-order valence-electron chi connectivity index (χ4n) is 2.38. The number of nitrogens with zero attached hydrogens (tertiary/aromatic N) is 1. The number of carbonyl (C=O) groups is 2. The lowest BCUT2D eigenvalue weighted by molar-refractivity contribution is -0.130. The Balaban J connectivity index is 1.97. The third-order valence-corrected chi connectivity index (χ3v) is 5.35. The first kappa shape index (κ1) is 14.7. The van der Waals surface area contributed by atoms with Crippen LogP contribution in [0.4, 0.5) is 0 Å². The highest BCUT2D eigenvalue weighted by Gasteiger charge is 2.24. The number of hydrogen-bond donors (Lipinski definition) is 0. The van der Waals surface area contributed by atoms with Crippen LogP contribution in [-0.2, 0) is 4.79 Å². The van der Waals surface area contributed by atoms with Gasteiger partial charge in [0.1, 0.15) is 0 Å². The number of likely N-dealkylation sites (tertiary alicyclic amines) is 1. The summed E-state index contributed by atoms with van der Waals surface area (Å²) >= 11 is 4.78. The van der Waals surface area contributed by atoms with E-state index in [-0.39, 0.29) is 18.2 Å². The fourth-order valence-corrected chi connectivity index (χ4v) is 3.70. The predicted octanol–water partition coefficient (Wildman–Crippen LogP) is 3.73. The van der Waals surface area contributed by atoms with Gasteiger partial charge in [-0.2, -0.15) is 0 Å². The van der Waals surface area contributed by atoms with Gasteiger partial charge in [-0.3, -0.25) is 9.59 Å². The zero-order chi connectivity index (χ0) is 13.8. The minimum Gasteiger partial charge on any atom is -0.335 e. The molecule has 1 saturated heterocycles. The Bertz CT molecular complexity index is 472. The van der Waals surface area contributed by atoms with Gasteiger partial charge >= 0.3 is 0 Å². The van der Waals surface area contributed by atoms with Crippen molar-refractivity contribution < 1.29 is 9.59 Å². The maximum absolute atomic E-state index is 12.1. The van der Waals surface area contributed by atoms with Crippen LogP contribution in [0.1, 0.15) is 42.3 Å². The van der Waals surface area contributed by atoms with E-state index >= 15 is 0 Å². The standard InChI is InChI=1S/C14H18BrNO2S/c1-2-10-3-6-14(18)16(8-7-10)9-11(17)12-4-5-13(15)19-12/h4-5,10H,2-3,6-9H2,1H3. The number of halogens is 1. The van der Waals surface area contributed by atoms with Crippen molar-refractivity contribution in [3.05, 3.63) is 20.8 Å². The Labute approximate surface area is 126 Å². The second-order valence-electron chi connectivity index (χ2n) is 4.94. The van der Waals surface area contributed by atoms with E-state index in [0.717, 1.165) is 34.5 Å². The van der Waals surface area contributed by atoms with Crippen molar-refractivity contribution in [2.45, 2.75) is 32.6 Å². The Kier molecular flexibility index (Phi) is 5.16. The third kappa shape index (κ3) is 3.89. The van der Waals surface area contributed by atoms with Gasteiger partial charge in [-0.05, 0) is 46.8 Å². The minimum atomic E-state index is 0.0407. The molecule has 1 atom stereocenters. The van der Waals surface area contributed by atoms with Gasteiger partial charge < -0.3 is 4.90 Å². The molecule has 1 aliphatic heterocycles. The Morgan fingerprint density at radius 1 is 1.47 bits per heavy atom. The molecule has 0 spiro atoms. The lowest BCUT2D eigenvalue weighted by atomic mass is 9.98. The molecule has 19 heavy (non-hydrogen) atoms. The molecule has 1 aromatic heterocycles. The number of Topliss-reactive ketones (excluding diaryl/α,β-unsaturated/α-hetero) is 1. The van der Waals surface area contributed by atoms with Gasteiger partial charge in [-0.25, -0.2) is 0 Å². The summed E-state index contributed by atoms with van der Waals surface area (Å²) < 4.78 is 0.948. The zero-order valence-electron chi connectivity index (χ0n) is 11.0. The molecule has 0 aliphatic carbocycles. The second kappa shape index (κ2) is 6.66. The van der Waals surface area contributed by atoms with Crippen LogP contribution in [0, 0.1) is 5.92 Å². The van der Waals surface area contributed by atoms with E-state index in [0.29, 0.717) is 12.3 Å². The molecule has 1 aliphatic rings. The molecule has 1 fully saturated rings. The molecule has 0 radical (unpaired) electrons. The maximum Gasteiger partial charge on any atom is 0.222 e. The summed E-state index contributed by atoms with van der Waals surface area (Å²) in [6.07, 6.45) is 3.68. The van der Waals surface area contributed by atoms with Crippen LogP contribution in [0.3, 0.4) is 0 Å². The van der Waals surface area contributed by atoms with Crippen molar-refractivity contribution in [1.29, 1.82) is 0 Å². The first-order valence-corrected chi connectivity index (χ1v) is 8.27. The van der Waals surface area contributed by atoms with E-state index in [4.69, 9.17) is 0 Å². The molecule has 5 heteroatoms. The first-order valence-electron chi connectivity index (χ1n) is 6.66. The van der Waals surface area contributed by atoms with Crippen LogP contribution in [0.15, 0.2) is 15.9 Å². The maximum atomic E-state index is 12.1. The van der Waals surface area contributed by atoms with E-state index in [2.05, 4.69) is 22.9 Å². The van der Waals surface area contributed by atoms with Gasteiger partial charge in [-0.15, -0.1) is 11.3 Å². The minimum absolute atomic E-state index is 0.0407. The molecule has 0 N–H and O–H groups in total.